The van der Waals surface area contributed by atoms with Crippen molar-refractivity contribution in [2.24, 2.45) is 0 Å². The molecule has 0 aliphatic carbocycles. The van der Waals surface area contributed by atoms with E-state index < -0.39 is 5.97 Å². The fraction of sp³-hybridized carbons (Fsp3) is 0.222. The molecule has 120 valence electrons. The van der Waals surface area contributed by atoms with Gasteiger partial charge in [-0.15, -0.1) is 0 Å². The predicted molar refractivity (Wildman–Crippen MR) is 88.0 cm³/mol. The average Bonchev–Trinajstić information content (AvgIpc) is 2.60. The molecule has 0 saturated heterocycles. The van der Waals surface area contributed by atoms with Crippen molar-refractivity contribution in [3.05, 3.63) is 59.7 Å². The summed E-state index contributed by atoms with van der Waals surface area (Å²) >= 11 is 0. The van der Waals surface area contributed by atoms with E-state index in [-0.39, 0.29) is 5.91 Å². The summed E-state index contributed by atoms with van der Waals surface area (Å²) in [6.07, 6.45) is 0.848. The number of esters is 1. The van der Waals surface area contributed by atoms with Crippen LogP contribution in [0.4, 0.5) is 5.69 Å². The average molecular weight is 313 g/mol. The van der Waals surface area contributed by atoms with Crippen molar-refractivity contribution >= 4 is 17.6 Å². The third kappa shape index (κ3) is 4.10. The lowest BCUT2D eigenvalue weighted by atomic mass is 10.1. The smallest absolute Gasteiger partial charge is 0.339 e. The Morgan fingerprint density at radius 1 is 1.00 bits per heavy atom. The molecule has 2 aromatic rings. The monoisotopic (exact) mass is 313 g/mol. The lowest BCUT2D eigenvalue weighted by Gasteiger charge is -2.12. The zero-order valence-corrected chi connectivity index (χ0v) is 13.2. The van der Waals surface area contributed by atoms with E-state index in [1.54, 1.807) is 42.5 Å². The summed E-state index contributed by atoms with van der Waals surface area (Å²) in [5.74, 6) is -0.327. The van der Waals surface area contributed by atoms with Crippen LogP contribution in [-0.2, 0) is 4.74 Å². The van der Waals surface area contributed by atoms with E-state index in [4.69, 9.17) is 9.47 Å². The second-order valence-electron chi connectivity index (χ2n) is 4.84. The standard InChI is InChI=1S/C18H19NO4/c1-3-12-23-16-11-7-5-9-14(16)17(20)19-15-10-6-4-8-13(15)18(21)22-2/h4-11H,3,12H2,1-2H3,(H,19,20). The molecule has 0 aromatic heterocycles. The molecule has 0 unspecified atom stereocenters. The highest BCUT2D eigenvalue weighted by Gasteiger charge is 2.16. The van der Waals surface area contributed by atoms with E-state index in [1.165, 1.54) is 7.11 Å². The molecule has 0 atom stereocenters. The molecular formula is C18H19NO4. The summed E-state index contributed by atoms with van der Waals surface area (Å²) < 4.78 is 10.3. The van der Waals surface area contributed by atoms with Crippen LogP contribution in [0.15, 0.2) is 48.5 Å². The van der Waals surface area contributed by atoms with Crippen LogP contribution in [0.5, 0.6) is 5.75 Å². The molecule has 1 amide bonds. The van der Waals surface area contributed by atoms with Crippen LogP contribution in [-0.4, -0.2) is 25.6 Å². The molecule has 2 aromatic carbocycles. The van der Waals surface area contributed by atoms with E-state index in [1.807, 2.05) is 13.0 Å². The van der Waals surface area contributed by atoms with Crippen molar-refractivity contribution in [1.82, 2.24) is 0 Å². The SMILES string of the molecule is CCCOc1ccccc1C(=O)Nc1ccccc1C(=O)OC. The van der Waals surface area contributed by atoms with Gasteiger partial charge in [-0.25, -0.2) is 4.79 Å². The van der Waals surface area contributed by atoms with Gasteiger partial charge in [0, 0.05) is 0 Å². The number of rotatable bonds is 6. The highest BCUT2D eigenvalue weighted by Crippen LogP contribution is 2.22. The largest absolute Gasteiger partial charge is 0.493 e. The number of methoxy groups -OCH3 is 1. The molecule has 2 rings (SSSR count). The van der Waals surface area contributed by atoms with Crippen molar-refractivity contribution in [1.29, 1.82) is 0 Å². The predicted octanol–water partition coefficient (Wildman–Crippen LogP) is 3.51. The molecule has 0 heterocycles. The Morgan fingerprint density at radius 2 is 1.65 bits per heavy atom. The summed E-state index contributed by atoms with van der Waals surface area (Å²) in [5.41, 5.74) is 1.12. The summed E-state index contributed by atoms with van der Waals surface area (Å²) in [5, 5.41) is 2.74. The van der Waals surface area contributed by atoms with Crippen molar-refractivity contribution in [2.45, 2.75) is 13.3 Å². The molecule has 0 bridgehead atoms. The number of amides is 1. The zero-order chi connectivity index (χ0) is 16.7. The maximum absolute atomic E-state index is 12.5. The number of carbonyl (C=O) groups is 2. The molecule has 1 N–H and O–H groups in total. The second-order valence-corrected chi connectivity index (χ2v) is 4.84. The summed E-state index contributed by atoms with van der Waals surface area (Å²) in [6, 6.07) is 13.7. The van der Waals surface area contributed by atoms with Gasteiger partial charge in [-0.1, -0.05) is 31.2 Å². The lowest BCUT2D eigenvalue weighted by molar-refractivity contribution is 0.0602. The van der Waals surface area contributed by atoms with Crippen molar-refractivity contribution in [2.75, 3.05) is 19.0 Å². The maximum Gasteiger partial charge on any atom is 0.339 e. The van der Waals surface area contributed by atoms with E-state index in [0.717, 1.165) is 6.42 Å². The van der Waals surface area contributed by atoms with Gasteiger partial charge < -0.3 is 14.8 Å². The number of nitrogens with one attached hydrogen (secondary N) is 1. The first-order valence-electron chi connectivity index (χ1n) is 7.38. The van der Waals surface area contributed by atoms with E-state index >= 15 is 0 Å². The highest BCUT2D eigenvalue weighted by atomic mass is 16.5. The molecular weight excluding hydrogens is 294 g/mol. The van der Waals surface area contributed by atoms with Crippen LogP contribution in [0.3, 0.4) is 0 Å². The quantitative estimate of drug-likeness (QED) is 0.829. The molecule has 5 heteroatoms. The molecule has 0 saturated carbocycles. The van der Waals surface area contributed by atoms with Gasteiger partial charge in [0.1, 0.15) is 5.75 Å². The first-order chi connectivity index (χ1) is 11.2. The summed E-state index contributed by atoms with van der Waals surface area (Å²) in [6.45, 7) is 2.53. The number of hydrogen-bond acceptors (Lipinski definition) is 4. The molecule has 0 fully saturated rings. The molecule has 0 aliphatic rings. The lowest BCUT2D eigenvalue weighted by Crippen LogP contribution is -2.16. The van der Waals surface area contributed by atoms with Crippen LogP contribution >= 0.6 is 0 Å². The molecule has 0 radical (unpaired) electrons. The third-order valence-corrected chi connectivity index (χ3v) is 3.17. The Labute approximate surface area is 135 Å². The molecule has 0 aliphatic heterocycles. The van der Waals surface area contributed by atoms with Gasteiger partial charge in [-0.05, 0) is 30.7 Å². The first kappa shape index (κ1) is 16.5. The van der Waals surface area contributed by atoms with Gasteiger partial charge in [0.05, 0.1) is 30.5 Å². The molecule has 5 nitrogen and oxygen atoms in total. The van der Waals surface area contributed by atoms with Crippen molar-refractivity contribution < 1.29 is 19.1 Å². The second kappa shape index (κ2) is 7.98. The van der Waals surface area contributed by atoms with E-state index in [0.29, 0.717) is 29.2 Å². The summed E-state index contributed by atoms with van der Waals surface area (Å²) in [7, 11) is 1.30. The van der Waals surface area contributed by atoms with Gasteiger partial charge in [0.2, 0.25) is 0 Å². The summed E-state index contributed by atoms with van der Waals surface area (Å²) in [4.78, 5) is 24.3. The van der Waals surface area contributed by atoms with Gasteiger partial charge in [0.15, 0.2) is 0 Å². The third-order valence-electron chi connectivity index (χ3n) is 3.17. The number of benzene rings is 2. The number of anilines is 1. The van der Waals surface area contributed by atoms with E-state index in [2.05, 4.69) is 5.32 Å². The van der Waals surface area contributed by atoms with Crippen molar-refractivity contribution in [3.8, 4) is 5.75 Å². The first-order valence-corrected chi connectivity index (χ1v) is 7.38. The Kier molecular flexibility index (Phi) is 5.74. The Hall–Kier alpha value is -2.82. The van der Waals surface area contributed by atoms with Crippen molar-refractivity contribution in [3.63, 3.8) is 0 Å². The van der Waals surface area contributed by atoms with E-state index in [9.17, 15) is 9.59 Å². The minimum atomic E-state index is -0.503. The zero-order valence-electron chi connectivity index (χ0n) is 13.2. The Bertz CT molecular complexity index is 697. The van der Waals surface area contributed by atoms with Gasteiger partial charge >= 0.3 is 5.97 Å². The number of ether oxygens (including phenoxy) is 2. The van der Waals surface area contributed by atoms with Gasteiger partial charge in [0.25, 0.3) is 5.91 Å². The Morgan fingerprint density at radius 3 is 2.35 bits per heavy atom. The minimum absolute atomic E-state index is 0.301. The fourth-order valence-electron chi connectivity index (χ4n) is 2.06. The van der Waals surface area contributed by atoms with Crippen LogP contribution in [0, 0.1) is 0 Å². The fourth-order valence-corrected chi connectivity index (χ4v) is 2.06. The number of para-hydroxylation sites is 2. The van der Waals surface area contributed by atoms with Gasteiger partial charge in [-0.3, -0.25) is 4.79 Å². The van der Waals surface area contributed by atoms with Crippen LogP contribution in [0.25, 0.3) is 0 Å². The Balaban J connectivity index is 2.25. The topological polar surface area (TPSA) is 64.6 Å². The van der Waals surface area contributed by atoms with Crippen LogP contribution in [0.1, 0.15) is 34.1 Å². The normalized spacial score (nSPS) is 10.0. The highest BCUT2D eigenvalue weighted by molar-refractivity contribution is 6.09. The number of hydrogen-bond donors (Lipinski definition) is 1. The molecule has 0 spiro atoms. The van der Waals surface area contributed by atoms with Gasteiger partial charge in [-0.2, -0.15) is 0 Å². The van der Waals surface area contributed by atoms with Crippen LogP contribution in [0.2, 0.25) is 0 Å². The maximum atomic E-state index is 12.5. The molecule has 23 heavy (non-hydrogen) atoms. The minimum Gasteiger partial charge on any atom is -0.493 e. The van der Waals surface area contributed by atoms with Crippen LogP contribution < -0.4 is 10.1 Å². The number of carbonyl (C=O) groups excluding carboxylic acids is 2.